The number of carbonyl (C=O) groups is 1. The lowest BCUT2D eigenvalue weighted by Gasteiger charge is -2.33. The van der Waals surface area contributed by atoms with Crippen LogP contribution < -0.4 is 4.74 Å². The third-order valence-electron chi connectivity index (χ3n) is 6.04. The smallest absolute Gasteiger partial charge is 0.263 e. The molecule has 0 spiro atoms. The number of rotatable bonds is 5. The van der Waals surface area contributed by atoms with Gasteiger partial charge in [-0.05, 0) is 68.0 Å². The monoisotopic (exact) mass is 406 g/mol. The van der Waals surface area contributed by atoms with E-state index in [2.05, 4.69) is 41.4 Å². The van der Waals surface area contributed by atoms with Crippen LogP contribution in [0.25, 0.3) is 5.65 Å². The number of likely N-dealkylation sites (tertiary alicyclic amines) is 1. The average Bonchev–Trinajstić information content (AvgIpc) is 3.17. The normalized spacial score (nSPS) is 16.2. The molecule has 1 aliphatic heterocycles. The van der Waals surface area contributed by atoms with Crippen LogP contribution in [0.5, 0.6) is 5.75 Å². The Hall–Kier alpha value is -2.89. The van der Waals surface area contributed by atoms with Gasteiger partial charge in [-0.1, -0.05) is 26.0 Å². The predicted molar refractivity (Wildman–Crippen MR) is 117 cm³/mol. The van der Waals surface area contributed by atoms with Gasteiger partial charge in [0.2, 0.25) is 0 Å². The maximum absolute atomic E-state index is 12.9. The van der Waals surface area contributed by atoms with Crippen molar-refractivity contribution in [2.45, 2.75) is 58.5 Å². The molecular formula is C24H30N4O2. The van der Waals surface area contributed by atoms with Gasteiger partial charge in [-0.2, -0.15) is 0 Å². The number of aryl methyl sites for hydroxylation is 1. The molecule has 1 aromatic carbocycles. The molecule has 0 saturated carbocycles. The lowest BCUT2D eigenvalue weighted by atomic mass is 9.95. The Kier molecular flexibility index (Phi) is 5.75. The zero-order valence-corrected chi connectivity index (χ0v) is 18.2. The number of piperidine rings is 1. The molecule has 0 aliphatic carbocycles. The van der Waals surface area contributed by atoms with Gasteiger partial charge >= 0.3 is 0 Å². The number of aromatic nitrogens is 3. The molecule has 158 valence electrons. The summed E-state index contributed by atoms with van der Waals surface area (Å²) < 4.78 is 8.04. The summed E-state index contributed by atoms with van der Waals surface area (Å²) in [7, 11) is 0. The first-order chi connectivity index (χ1) is 14.4. The highest BCUT2D eigenvalue weighted by Gasteiger charge is 2.29. The molecule has 1 atom stereocenters. The molecule has 1 amide bonds. The number of amides is 1. The zero-order chi connectivity index (χ0) is 21.3. The van der Waals surface area contributed by atoms with Gasteiger partial charge in [0.1, 0.15) is 11.6 Å². The Bertz CT molecular complexity index is 1030. The summed E-state index contributed by atoms with van der Waals surface area (Å²) in [6.07, 6.45) is 3.27. The fourth-order valence-electron chi connectivity index (χ4n) is 4.38. The molecule has 0 N–H and O–H groups in total. The Morgan fingerprint density at radius 2 is 1.87 bits per heavy atom. The van der Waals surface area contributed by atoms with Crippen molar-refractivity contribution in [1.29, 1.82) is 0 Å². The van der Waals surface area contributed by atoms with E-state index < -0.39 is 6.10 Å². The van der Waals surface area contributed by atoms with Crippen molar-refractivity contribution in [2.24, 2.45) is 0 Å². The van der Waals surface area contributed by atoms with Crippen LogP contribution in [0.1, 0.15) is 62.4 Å². The standard InChI is InChI=1S/C24H30N4O2/c1-16(2)21-9-8-20(15-17(21)3)30-18(4)24(29)27-13-10-19(11-14-27)23-26-25-22-7-5-6-12-28(22)23/h5-9,12,15-16,18-19H,10-11,13-14H2,1-4H3/t18-/m1/s1. The van der Waals surface area contributed by atoms with Gasteiger partial charge in [0, 0.05) is 25.2 Å². The van der Waals surface area contributed by atoms with Crippen LogP contribution in [0.3, 0.4) is 0 Å². The van der Waals surface area contributed by atoms with Gasteiger partial charge in [-0.15, -0.1) is 10.2 Å². The Morgan fingerprint density at radius 3 is 2.57 bits per heavy atom. The van der Waals surface area contributed by atoms with Crippen LogP contribution >= 0.6 is 0 Å². The molecule has 3 aromatic rings. The molecular weight excluding hydrogens is 376 g/mol. The summed E-state index contributed by atoms with van der Waals surface area (Å²) >= 11 is 0. The van der Waals surface area contributed by atoms with E-state index in [1.165, 1.54) is 11.1 Å². The quantitative estimate of drug-likeness (QED) is 0.633. The lowest BCUT2D eigenvalue weighted by Crippen LogP contribution is -2.44. The van der Waals surface area contributed by atoms with E-state index in [4.69, 9.17) is 4.74 Å². The third-order valence-corrected chi connectivity index (χ3v) is 6.04. The number of fused-ring (bicyclic) bond motifs is 1. The van der Waals surface area contributed by atoms with Crippen molar-refractivity contribution in [3.63, 3.8) is 0 Å². The molecule has 6 heteroatoms. The van der Waals surface area contributed by atoms with Crippen LogP contribution in [0.4, 0.5) is 0 Å². The molecule has 1 fully saturated rings. The first-order valence-electron chi connectivity index (χ1n) is 10.8. The second kappa shape index (κ2) is 8.46. The summed E-state index contributed by atoms with van der Waals surface area (Å²) in [6, 6.07) is 12.0. The fourth-order valence-corrected chi connectivity index (χ4v) is 4.38. The highest BCUT2D eigenvalue weighted by molar-refractivity contribution is 5.81. The SMILES string of the molecule is Cc1cc(O[C@H](C)C(=O)N2CCC(c3nnc4ccccn34)CC2)ccc1C(C)C. The van der Waals surface area contributed by atoms with Gasteiger partial charge in [0.15, 0.2) is 11.8 Å². The number of nitrogens with zero attached hydrogens (tertiary/aromatic N) is 4. The largest absolute Gasteiger partial charge is 0.481 e. The summed E-state index contributed by atoms with van der Waals surface area (Å²) in [5.74, 6) is 2.58. The molecule has 6 nitrogen and oxygen atoms in total. The maximum atomic E-state index is 12.9. The number of hydrogen-bond acceptors (Lipinski definition) is 4. The van der Waals surface area contributed by atoms with E-state index in [1.807, 2.05) is 48.4 Å². The van der Waals surface area contributed by atoms with Gasteiger partial charge in [-0.25, -0.2) is 0 Å². The molecule has 2 aromatic heterocycles. The van der Waals surface area contributed by atoms with Crippen molar-refractivity contribution < 1.29 is 9.53 Å². The summed E-state index contributed by atoms with van der Waals surface area (Å²) in [4.78, 5) is 14.9. The lowest BCUT2D eigenvalue weighted by molar-refractivity contribution is -0.139. The van der Waals surface area contributed by atoms with Gasteiger partial charge in [-0.3, -0.25) is 9.20 Å². The minimum atomic E-state index is -0.500. The molecule has 1 saturated heterocycles. The van der Waals surface area contributed by atoms with Crippen LogP contribution in [-0.4, -0.2) is 44.6 Å². The van der Waals surface area contributed by atoms with E-state index in [-0.39, 0.29) is 5.91 Å². The molecule has 30 heavy (non-hydrogen) atoms. The van der Waals surface area contributed by atoms with Crippen LogP contribution in [-0.2, 0) is 4.79 Å². The molecule has 3 heterocycles. The van der Waals surface area contributed by atoms with Crippen molar-refractivity contribution in [3.8, 4) is 5.75 Å². The summed E-state index contributed by atoms with van der Waals surface area (Å²) in [5, 5.41) is 8.65. The second-order valence-corrected chi connectivity index (χ2v) is 8.52. The van der Waals surface area contributed by atoms with Crippen molar-refractivity contribution in [3.05, 3.63) is 59.5 Å². The molecule has 4 rings (SSSR count). The Balaban J connectivity index is 1.36. The number of carbonyl (C=O) groups excluding carboxylic acids is 1. The van der Waals surface area contributed by atoms with E-state index in [0.29, 0.717) is 24.9 Å². The van der Waals surface area contributed by atoms with Crippen molar-refractivity contribution >= 4 is 11.6 Å². The predicted octanol–water partition coefficient (Wildman–Crippen LogP) is 4.33. The minimum absolute atomic E-state index is 0.0464. The minimum Gasteiger partial charge on any atom is -0.481 e. The highest BCUT2D eigenvalue weighted by atomic mass is 16.5. The Labute approximate surface area is 177 Å². The van der Waals surface area contributed by atoms with Crippen LogP contribution in [0.2, 0.25) is 0 Å². The van der Waals surface area contributed by atoms with E-state index in [0.717, 1.165) is 30.1 Å². The van der Waals surface area contributed by atoms with Gasteiger partial charge < -0.3 is 9.64 Å². The van der Waals surface area contributed by atoms with Crippen LogP contribution in [0.15, 0.2) is 42.6 Å². The average molecular weight is 407 g/mol. The summed E-state index contributed by atoms with van der Waals surface area (Å²) in [5.41, 5.74) is 3.37. The highest BCUT2D eigenvalue weighted by Crippen LogP contribution is 2.28. The maximum Gasteiger partial charge on any atom is 0.263 e. The number of benzene rings is 1. The van der Waals surface area contributed by atoms with Gasteiger partial charge in [0.25, 0.3) is 5.91 Å². The zero-order valence-electron chi connectivity index (χ0n) is 18.2. The molecule has 1 aliphatic rings. The number of pyridine rings is 1. The number of hydrogen-bond donors (Lipinski definition) is 0. The third kappa shape index (κ3) is 4.04. The first kappa shape index (κ1) is 20.4. The van der Waals surface area contributed by atoms with E-state index in [9.17, 15) is 4.79 Å². The van der Waals surface area contributed by atoms with Gasteiger partial charge in [0.05, 0.1) is 0 Å². The van der Waals surface area contributed by atoms with Crippen LogP contribution in [0, 0.1) is 6.92 Å². The van der Waals surface area contributed by atoms with Crippen molar-refractivity contribution in [2.75, 3.05) is 13.1 Å². The van der Waals surface area contributed by atoms with Crippen molar-refractivity contribution in [1.82, 2.24) is 19.5 Å². The molecule has 0 bridgehead atoms. The first-order valence-corrected chi connectivity index (χ1v) is 10.8. The molecule has 0 unspecified atom stereocenters. The Morgan fingerprint density at radius 1 is 1.10 bits per heavy atom. The summed E-state index contributed by atoms with van der Waals surface area (Å²) in [6.45, 7) is 9.72. The molecule has 0 radical (unpaired) electrons. The fraction of sp³-hybridized carbons (Fsp3) is 0.458. The number of ether oxygens (including phenoxy) is 1. The second-order valence-electron chi connectivity index (χ2n) is 8.52. The van der Waals surface area contributed by atoms with E-state index >= 15 is 0 Å². The van der Waals surface area contributed by atoms with E-state index in [1.54, 1.807) is 0 Å². The topological polar surface area (TPSA) is 59.7 Å².